The molecule has 9 heteroatoms. The molecule has 0 aliphatic heterocycles. The fourth-order valence-corrected chi connectivity index (χ4v) is 4.05. The van der Waals surface area contributed by atoms with Crippen molar-refractivity contribution in [2.45, 2.75) is 9.79 Å². The molecule has 2 N–H and O–H groups in total. The average Bonchev–Trinajstić information content (AvgIpc) is 2.37. The van der Waals surface area contributed by atoms with Crippen molar-refractivity contribution in [2.75, 3.05) is 0 Å². The van der Waals surface area contributed by atoms with E-state index < -0.39 is 20.2 Å². The second-order valence-corrected chi connectivity index (χ2v) is 8.38. The fourth-order valence-electron chi connectivity index (χ4n) is 1.64. The molecule has 0 saturated heterocycles. The quantitative estimate of drug-likeness (QED) is 0.626. The maximum atomic E-state index is 11.1. The van der Waals surface area contributed by atoms with Gasteiger partial charge in [-0.15, -0.1) is 0 Å². The van der Waals surface area contributed by atoms with E-state index in [0.29, 0.717) is 10.6 Å². The molecule has 0 unspecified atom stereocenters. The smallest absolute Gasteiger partial charge is 0.282 e. The van der Waals surface area contributed by atoms with Gasteiger partial charge in [0.15, 0.2) is 0 Å². The summed E-state index contributed by atoms with van der Waals surface area (Å²) in [5, 5.41) is 1.22. The van der Waals surface area contributed by atoms with Crippen LogP contribution in [0.3, 0.4) is 0 Å². The summed E-state index contributed by atoms with van der Waals surface area (Å²) in [4.78, 5) is -0.447. The lowest BCUT2D eigenvalue weighted by Gasteiger charge is -2.05. The molecule has 0 heterocycles. The summed E-state index contributed by atoms with van der Waals surface area (Å²) in [6.45, 7) is 0. The molecule has 0 aliphatic rings. The van der Waals surface area contributed by atoms with E-state index in [0.717, 1.165) is 0 Å². The van der Waals surface area contributed by atoms with Crippen molar-refractivity contribution in [3.05, 3.63) is 48.5 Å². The first-order valence-corrected chi connectivity index (χ1v) is 9.46. The molecular formula is C12H11O6PS2. The molecule has 0 saturated carbocycles. The molecule has 6 nitrogen and oxygen atoms in total. The molecule has 0 bridgehead atoms. The Morgan fingerprint density at radius 2 is 1.10 bits per heavy atom. The highest BCUT2D eigenvalue weighted by atomic mass is 32.2. The third kappa shape index (κ3) is 4.33. The van der Waals surface area contributed by atoms with Crippen LogP contribution in [0.25, 0.3) is 0 Å². The van der Waals surface area contributed by atoms with Gasteiger partial charge in [-0.1, -0.05) is 32.8 Å². The zero-order valence-electron chi connectivity index (χ0n) is 10.5. The Balaban J connectivity index is 2.35. The van der Waals surface area contributed by atoms with Gasteiger partial charge in [0.2, 0.25) is 0 Å². The molecule has 0 atom stereocenters. The van der Waals surface area contributed by atoms with Gasteiger partial charge in [-0.05, 0) is 34.9 Å². The minimum atomic E-state index is -4.28. The van der Waals surface area contributed by atoms with E-state index in [2.05, 4.69) is 0 Å². The molecule has 0 amide bonds. The van der Waals surface area contributed by atoms with Crippen LogP contribution in [0, 0.1) is 0 Å². The van der Waals surface area contributed by atoms with Crippen molar-refractivity contribution in [3.8, 4) is 0 Å². The van der Waals surface area contributed by atoms with Gasteiger partial charge in [0.1, 0.15) is 0 Å². The van der Waals surface area contributed by atoms with Crippen molar-refractivity contribution in [3.63, 3.8) is 0 Å². The number of benzene rings is 2. The molecule has 2 aromatic rings. The normalized spacial score (nSPS) is 12.3. The van der Waals surface area contributed by atoms with Gasteiger partial charge in [0.25, 0.3) is 20.2 Å². The third-order valence-electron chi connectivity index (χ3n) is 2.55. The minimum absolute atomic E-state index is 0.0235. The first-order chi connectivity index (χ1) is 9.66. The van der Waals surface area contributed by atoms with Crippen molar-refractivity contribution in [1.29, 1.82) is 0 Å². The van der Waals surface area contributed by atoms with Crippen LogP contribution in [-0.2, 0) is 20.2 Å². The largest absolute Gasteiger partial charge is 0.294 e. The van der Waals surface area contributed by atoms with Crippen LogP contribution in [0.2, 0.25) is 0 Å². The average molecular weight is 346 g/mol. The van der Waals surface area contributed by atoms with Crippen LogP contribution in [0.1, 0.15) is 0 Å². The van der Waals surface area contributed by atoms with Gasteiger partial charge in [-0.25, -0.2) is 0 Å². The predicted molar refractivity (Wildman–Crippen MR) is 80.1 cm³/mol. The monoisotopic (exact) mass is 346 g/mol. The lowest BCUT2D eigenvalue weighted by Crippen LogP contribution is -2.08. The third-order valence-corrected chi connectivity index (χ3v) is 5.45. The lowest BCUT2D eigenvalue weighted by molar-refractivity contribution is 0.481. The summed E-state index contributed by atoms with van der Waals surface area (Å²) >= 11 is 0. The Morgan fingerprint density at radius 3 is 1.43 bits per heavy atom. The van der Waals surface area contributed by atoms with Crippen molar-refractivity contribution < 1.29 is 25.9 Å². The molecular weight excluding hydrogens is 335 g/mol. The Kier molecular flexibility index (Phi) is 4.46. The summed E-state index contributed by atoms with van der Waals surface area (Å²) in [5.74, 6) is 0. The Morgan fingerprint density at radius 1 is 0.714 bits per heavy atom. The summed E-state index contributed by atoms with van der Waals surface area (Å²) in [5.41, 5.74) is 0. The van der Waals surface area contributed by atoms with Crippen LogP contribution >= 0.6 is 8.58 Å². The van der Waals surface area contributed by atoms with Crippen molar-refractivity contribution in [1.82, 2.24) is 0 Å². The van der Waals surface area contributed by atoms with Crippen LogP contribution in [0.5, 0.6) is 0 Å². The van der Waals surface area contributed by atoms with Crippen LogP contribution in [-0.4, -0.2) is 25.9 Å². The molecule has 0 aromatic heterocycles. The summed E-state index contributed by atoms with van der Waals surface area (Å²) < 4.78 is 62.3. The Hall–Kier alpha value is -1.31. The Labute approximate surface area is 124 Å². The SMILES string of the molecule is O=S(=O)(O)c1cccc(Pc2cccc(S(=O)(=O)O)c2)c1. The van der Waals surface area contributed by atoms with E-state index in [1.54, 1.807) is 12.1 Å². The van der Waals surface area contributed by atoms with Crippen molar-refractivity contribution >= 4 is 39.4 Å². The maximum absolute atomic E-state index is 11.1. The number of rotatable bonds is 4. The standard InChI is InChI=1S/C12H11O6PS2/c13-20(14,15)11-5-1-3-9(7-11)19-10-4-2-6-12(8-10)21(16,17)18/h1-8,19H,(H,13,14,15)(H,16,17,18). The number of hydrogen-bond donors (Lipinski definition) is 2. The van der Waals surface area contributed by atoms with E-state index in [1.807, 2.05) is 0 Å². The van der Waals surface area contributed by atoms with Gasteiger partial charge in [0.05, 0.1) is 9.79 Å². The van der Waals surface area contributed by atoms with Gasteiger partial charge in [-0.2, -0.15) is 16.8 Å². The zero-order chi connectivity index (χ0) is 15.7. The van der Waals surface area contributed by atoms with E-state index in [1.165, 1.54) is 36.4 Å². The second-order valence-electron chi connectivity index (χ2n) is 4.13. The van der Waals surface area contributed by atoms with Crippen LogP contribution in [0.4, 0.5) is 0 Å². The molecule has 0 aliphatic carbocycles. The molecule has 2 aromatic carbocycles. The van der Waals surface area contributed by atoms with E-state index in [4.69, 9.17) is 9.11 Å². The summed E-state index contributed by atoms with van der Waals surface area (Å²) in [7, 11) is -8.58. The topological polar surface area (TPSA) is 109 Å². The molecule has 21 heavy (non-hydrogen) atoms. The van der Waals surface area contributed by atoms with Gasteiger partial charge >= 0.3 is 0 Å². The molecule has 112 valence electrons. The summed E-state index contributed by atoms with van der Waals surface area (Å²) in [6.07, 6.45) is 0. The highest BCUT2D eigenvalue weighted by Gasteiger charge is 2.12. The summed E-state index contributed by atoms with van der Waals surface area (Å²) in [6, 6.07) is 11.4. The molecule has 0 radical (unpaired) electrons. The van der Waals surface area contributed by atoms with Gasteiger partial charge in [0, 0.05) is 0 Å². The Bertz CT molecular complexity index is 801. The van der Waals surface area contributed by atoms with Gasteiger partial charge in [-0.3, -0.25) is 9.11 Å². The van der Waals surface area contributed by atoms with Gasteiger partial charge < -0.3 is 0 Å². The number of hydrogen-bond acceptors (Lipinski definition) is 4. The van der Waals surface area contributed by atoms with Crippen LogP contribution < -0.4 is 10.6 Å². The molecule has 2 rings (SSSR count). The molecule has 0 fully saturated rings. The second kappa shape index (κ2) is 5.82. The van der Waals surface area contributed by atoms with Crippen molar-refractivity contribution in [2.24, 2.45) is 0 Å². The van der Waals surface area contributed by atoms with Crippen LogP contribution in [0.15, 0.2) is 58.3 Å². The first kappa shape index (κ1) is 16.1. The minimum Gasteiger partial charge on any atom is -0.282 e. The van der Waals surface area contributed by atoms with E-state index in [9.17, 15) is 16.8 Å². The lowest BCUT2D eigenvalue weighted by atomic mass is 10.4. The maximum Gasteiger partial charge on any atom is 0.294 e. The zero-order valence-corrected chi connectivity index (χ0v) is 13.1. The fraction of sp³-hybridized carbons (Fsp3) is 0. The van der Waals surface area contributed by atoms with E-state index >= 15 is 0 Å². The first-order valence-electron chi connectivity index (χ1n) is 5.58. The molecule has 0 spiro atoms. The highest BCUT2D eigenvalue weighted by Crippen LogP contribution is 2.16. The highest BCUT2D eigenvalue weighted by molar-refractivity contribution is 7.86. The van der Waals surface area contributed by atoms with E-state index in [-0.39, 0.29) is 18.4 Å². The predicted octanol–water partition coefficient (Wildman–Crippen LogP) is 0.809.